The zero-order chi connectivity index (χ0) is 86.1. The Morgan fingerprint density at radius 1 is 0.228 bits per heavy atom. The first-order valence-electron chi connectivity index (χ1n) is 49.4. The van der Waals surface area contributed by atoms with Crippen LogP contribution < -0.4 is 18.3 Å². The Hall–Kier alpha value is -9.64. The normalized spacial score (nSPS) is 22.0. The van der Waals surface area contributed by atoms with E-state index in [4.69, 9.17) is 0 Å². The minimum atomic E-state index is -0.404. The number of hydrogen-bond donors (Lipinski definition) is 0. The minimum Gasteiger partial charge on any atom is -0.201 e. The lowest BCUT2D eigenvalue weighted by Gasteiger charge is -2.43. The second-order valence-corrected chi connectivity index (χ2v) is 39.8. The topological polar surface area (TPSA) is 15.5 Å². The van der Waals surface area contributed by atoms with Crippen LogP contribution >= 0.6 is 0 Å². The molecule has 8 saturated carbocycles. The van der Waals surface area contributed by atoms with Crippen molar-refractivity contribution in [3.8, 4) is 89.5 Å². The lowest BCUT2D eigenvalue weighted by Crippen LogP contribution is -2.30. The van der Waals surface area contributed by atoms with E-state index in [0.717, 1.165) is 54.8 Å². The van der Waals surface area contributed by atoms with Crippen LogP contribution in [0.15, 0.2) is 267 Å². The van der Waals surface area contributed by atoms with Gasteiger partial charge in [-0.2, -0.15) is 0 Å². The fourth-order valence-electron chi connectivity index (χ4n) is 24.1. The van der Waals surface area contributed by atoms with E-state index in [-0.39, 0.29) is 0 Å². The average Bonchev–Trinajstić information content (AvgIpc) is 1.77. The van der Waals surface area contributed by atoms with Gasteiger partial charge in [0.1, 0.15) is 28.2 Å². The van der Waals surface area contributed by atoms with Gasteiger partial charge in [0.15, 0.2) is 24.8 Å². The lowest BCUT2D eigenvalue weighted by molar-refractivity contribution is -0.660. The van der Waals surface area contributed by atoms with Gasteiger partial charge >= 0.3 is 0 Å². The largest absolute Gasteiger partial charge is 0.213 e. The summed E-state index contributed by atoms with van der Waals surface area (Å²) >= 11 is 0. The SMILES string of the molecule is Cc1ccccc1-c1cc(-c2ccc(C3CCC4(CCCC4)CC3)cc2)cc[n+]1C.Cc1ccccc1-c1cc(-c2ccc(C3CCC4(CCCCC4)CC3)cc2)cc[n+]1C.[2H]C1(c2ccc(-c3cc[n+](C)c(-c4ccccc4C)c3)cc2)CCC(C2CCCCC2)CC1.[2H]C1(c2ccc(-c3cc[n+](C)c(-c4ccccc4C)c3)cc2)CCC2(CCCC2)CC1. The first-order valence-corrected chi connectivity index (χ1v) is 48.4. The summed E-state index contributed by atoms with van der Waals surface area (Å²) in [5, 5.41) is 0. The quantitative estimate of drug-likeness (QED) is 0.102. The molecule has 0 saturated heterocycles. The van der Waals surface area contributed by atoms with Gasteiger partial charge < -0.3 is 0 Å². The van der Waals surface area contributed by atoms with E-state index in [0.29, 0.717) is 10.8 Å². The molecule has 20 rings (SSSR count). The first-order chi connectivity index (χ1) is 60.8. The van der Waals surface area contributed by atoms with Gasteiger partial charge in [-0.3, -0.25) is 0 Å². The maximum atomic E-state index is 9.24. The standard InChI is InChI=1S/C31H38N.C30H36N.2C29H34N/c1-23-8-6-7-11-30(23)31-22-29(20-21-32(31)2)28-18-16-27(17-19-28)26-14-12-25(13-15-26)24-9-4-3-5-10-24;1-23-8-4-5-9-28(23)29-22-27(16-21-31(29)2)25-12-10-24(11-13-25)26-14-19-30(20-15-26)17-6-3-7-18-30;2*1-22-7-3-4-8-27(22)28-21-26(15-20-30(28)2)24-11-9-23(10-12-24)25-13-18-29(19-14-25)16-5-6-17-29/h6-8,11,16-22,24-26H,3-5,9-10,12-15H2,1-2H3;4-5,8-13,16,21-22,26H,3,6-7,14-15,17-20H2,1-2H3;2*3-4,7-12,15,20-21,25H,5-6,13-14,16-19H2,1-2H3/q4*+1/i26D;;25D;. The van der Waals surface area contributed by atoms with E-state index in [2.05, 4.69) is 342 Å². The molecule has 0 radical (unpaired) electrons. The van der Waals surface area contributed by atoms with Crippen molar-refractivity contribution < 1.29 is 21.0 Å². The van der Waals surface area contributed by atoms with E-state index in [9.17, 15) is 2.74 Å². The molecular formula is C119H142N4+4. The van der Waals surface area contributed by atoms with Crippen molar-refractivity contribution in [3.05, 3.63) is 312 Å². The van der Waals surface area contributed by atoms with Crippen LogP contribution in [0.3, 0.4) is 0 Å². The fourth-order valence-corrected chi connectivity index (χ4v) is 24.1. The van der Waals surface area contributed by atoms with Crippen molar-refractivity contribution in [2.75, 3.05) is 0 Å². The molecule has 4 heterocycles. The highest BCUT2D eigenvalue weighted by molar-refractivity contribution is 5.74. The van der Waals surface area contributed by atoms with Crippen molar-refractivity contribution in [2.24, 2.45) is 56.3 Å². The number of hydrogen-bond acceptors (Lipinski definition) is 0. The number of pyridine rings is 4. The van der Waals surface area contributed by atoms with E-state index in [1.165, 1.54) is 316 Å². The average molecular weight is 1630 g/mol. The molecule has 0 aliphatic heterocycles. The van der Waals surface area contributed by atoms with Crippen LogP contribution in [0.5, 0.6) is 0 Å². The summed E-state index contributed by atoms with van der Waals surface area (Å²) in [6.07, 6.45) is 55.2. The zero-order valence-corrected chi connectivity index (χ0v) is 76.0. The second kappa shape index (κ2) is 39.3. The Morgan fingerprint density at radius 2 is 0.472 bits per heavy atom. The third-order valence-corrected chi connectivity index (χ3v) is 32.2. The Balaban J connectivity index is 0.000000118. The number of aryl methyl sites for hydroxylation is 8. The summed E-state index contributed by atoms with van der Waals surface area (Å²) < 4.78 is 27.3. The summed E-state index contributed by atoms with van der Waals surface area (Å²) in [5.74, 6) is 2.53. The number of nitrogens with zero attached hydrogens (tertiary/aromatic N) is 4. The van der Waals surface area contributed by atoms with E-state index in [1.807, 2.05) is 0 Å². The van der Waals surface area contributed by atoms with E-state index >= 15 is 0 Å². The van der Waals surface area contributed by atoms with Gasteiger partial charge in [-0.1, -0.05) is 247 Å². The maximum absolute atomic E-state index is 9.24. The highest BCUT2D eigenvalue weighted by Crippen LogP contribution is 2.55. The van der Waals surface area contributed by atoms with E-state index in [1.54, 1.807) is 11.1 Å². The van der Waals surface area contributed by atoms with Crippen LogP contribution in [0.2, 0.25) is 0 Å². The van der Waals surface area contributed by atoms with E-state index < -0.39 is 11.8 Å². The highest BCUT2D eigenvalue weighted by atomic mass is 14.9. The predicted octanol–water partition coefficient (Wildman–Crippen LogP) is 30.5. The highest BCUT2D eigenvalue weighted by Gasteiger charge is 2.41. The first kappa shape index (κ1) is 82.9. The Bertz CT molecular complexity index is 5590. The Kier molecular flexibility index (Phi) is 26.5. The second-order valence-electron chi connectivity index (χ2n) is 39.8. The van der Waals surface area contributed by atoms with Crippen LogP contribution in [0.4, 0.5) is 0 Å². The van der Waals surface area contributed by atoms with Crippen molar-refractivity contribution in [3.63, 3.8) is 0 Å². The Morgan fingerprint density at radius 3 is 0.764 bits per heavy atom. The molecule has 8 aliphatic rings. The summed E-state index contributed by atoms with van der Waals surface area (Å²) in [7, 11) is 8.49. The van der Waals surface area contributed by atoms with Crippen LogP contribution in [0.25, 0.3) is 89.5 Å². The van der Waals surface area contributed by atoms with Crippen LogP contribution in [0.1, 0.15) is 289 Å². The van der Waals surface area contributed by atoms with Crippen molar-refractivity contribution in [2.45, 2.75) is 270 Å². The number of aromatic nitrogens is 4. The summed E-state index contributed by atoms with van der Waals surface area (Å²) in [6.45, 7) is 8.73. The fraction of sp³-hybridized carbons (Fsp3) is 0.429. The monoisotopic (exact) mass is 1630 g/mol. The van der Waals surface area contributed by atoms with Gasteiger partial charge in [-0.25, -0.2) is 18.3 Å². The molecule has 0 amide bonds. The predicted molar refractivity (Wildman–Crippen MR) is 515 cm³/mol. The molecular weight excluding hydrogens is 1490 g/mol. The third-order valence-electron chi connectivity index (χ3n) is 32.2. The summed E-state index contributed by atoms with van der Waals surface area (Å²) in [5.41, 5.74) is 33.0. The molecule has 3 spiro atoms. The molecule has 12 aromatic rings. The van der Waals surface area contributed by atoms with Crippen LogP contribution in [0, 0.1) is 55.8 Å². The molecule has 634 valence electrons. The van der Waals surface area contributed by atoms with Gasteiger partial charge in [-0.15, -0.1) is 0 Å². The molecule has 0 unspecified atom stereocenters. The Labute approximate surface area is 743 Å². The lowest BCUT2D eigenvalue weighted by atomic mass is 9.62. The van der Waals surface area contributed by atoms with Gasteiger partial charge in [0.2, 0.25) is 22.8 Å². The van der Waals surface area contributed by atoms with Gasteiger partial charge in [0.25, 0.3) is 0 Å². The van der Waals surface area contributed by atoms with Crippen molar-refractivity contribution in [1.82, 2.24) is 0 Å². The van der Waals surface area contributed by atoms with Gasteiger partial charge in [0.05, 0.1) is 0 Å². The maximum Gasteiger partial charge on any atom is 0.213 e. The van der Waals surface area contributed by atoms with Gasteiger partial charge in [-0.05, 0) is 334 Å². The van der Waals surface area contributed by atoms with Crippen molar-refractivity contribution >= 4 is 0 Å². The molecule has 123 heavy (non-hydrogen) atoms. The summed E-state index contributed by atoms with van der Waals surface area (Å²) in [6, 6.07) is 89.4. The van der Waals surface area contributed by atoms with Crippen LogP contribution in [-0.4, -0.2) is 0 Å². The van der Waals surface area contributed by atoms with Crippen molar-refractivity contribution in [1.29, 1.82) is 0 Å². The third kappa shape index (κ3) is 20.2. The molecule has 8 aliphatic carbocycles. The number of benzene rings is 8. The van der Waals surface area contributed by atoms with Gasteiger partial charge in [0, 0.05) is 73.5 Å². The molecule has 0 N–H and O–H groups in total. The smallest absolute Gasteiger partial charge is 0.201 e. The minimum absolute atomic E-state index is 0.401. The molecule has 0 atom stereocenters. The molecule has 4 heteroatoms. The molecule has 8 fully saturated rings. The molecule has 8 aromatic carbocycles. The summed E-state index contributed by atoms with van der Waals surface area (Å²) in [4.78, 5) is 0. The molecule has 4 nitrogen and oxygen atoms in total. The molecule has 4 aromatic heterocycles. The van der Waals surface area contributed by atoms with Crippen LogP contribution in [-0.2, 0) is 28.2 Å². The molecule has 0 bridgehead atoms. The zero-order valence-electron chi connectivity index (χ0n) is 78.0. The number of rotatable bonds is 13.